The standard InChI is InChI=1S/C22H22N2O5S/c25-21(22(26)27)19-17-8-4-5-9-18(17)23-20(19)14-10-12-16(13-11-14)30(28,29)24-15-6-2-1-3-7-15/h4-5,8-13,15,23-24H,1-3,6-7H2,(H,26,27). The molecule has 0 aliphatic heterocycles. The number of carboxylic acid groups (broad SMARTS) is 1. The monoisotopic (exact) mass is 426 g/mol. The Kier molecular flexibility index (Phi) is 5.44. The van der Waals surface area contributed by atoms with Gasteiger partial charge in [-0.15, -0.1) is 0 Å². The number of H-pyrrole nitrogens is 1. The van der Waals surface area contributed by atoms with Gasteiger partial charge in [-0.3, -0.25) is 4.79 Å². The largest absolute Gasteiger partial charge is 0.475 e. The molecular formula is C22H22N2O5S. The van der Waals surface area contributed by atoms with Gasteiger partial charge in [0, 0.05) is 16.9 Å². The Morgan fingerprint density at radius 1 is 0.967 bits per heavy atom. The summed E-state index contributed by atoms with van der Waals surface area (Å²) in [4.78, 5) is 26.9. The lowest BCUT2D eigenvalue weighted by molar-refractivity contribution is -0.131. The first-order valence-corrected chi connectivity index (χ1v) is 11.4. The Labute approximate surface area is 174 Å². The summed E-state index contributed by atoms with van der Waals surface area (Å²) in [6.45, 7) is 0. The lowest BCUT2D eigenvalue weighted by Crippen LogP contribution is -2.36. The highest BCUT2D eigenvalue weighted by molar-refractivity contribution is 7.89. The van der Waals surface area contributed by atoms with E-state index >= 15 is 0 Å². The summed E-state index contributed by atoms with van der Waals surface area (Å²) in [5.74, 6) is -2.56. The molecule has 8 heteroatoms. The fourth-order valence-corrected chi connectivity index (χ4v) is 5.31. The molecule has 0 amide bonds. The Hall–Kier alpha value is -2.97. The number of para-hydroxylation sites is 1. The Bertz CT molecular complexity index is 1210. The Morgan fingerprint density at radius 3 is 2.30 bits per heavy atom. The molecule has 4 rings (SSSR count). The van der Waals surface area contributed by atoms with Crippen molar-refractivity contribution in [1.29, 1.82) is 0 Å². The van der Waals surface area contributed by atoms with Crippen molar-refractivity contribution in [2.45, 2.75) is 43.0 Å². The number of fused-ring (bicyclic) bond motifs is 1. The first-order valence-electron chi connectivity index (χ1n) is 9.88. The van der Waals surface area contributed by atoms with Crippen LogP contribution in [-0.4, -0.2) is 36.3 Å². The molecule has 156 valence electrons. The van der Waals surface area contributed by atoms with Crippen LogP contribution in [0.5, 0.6) is 0 Å². The van der Waals surface area contributed by atoms with Crippen molar-refractivity contribution in [2.24, 2.45) is 0 Å². The lowest BCUT2D eigenvalue weighted by atomic mass is 9.96. The normalized spacial score (nSPS) is 15.3. The maximum absolute atomic E-state index is 12.7. The first-order chi connectivity index (χ1) is 14.4. The summed E-state index contributed by atoms with van der Waals surface area (Å²) in [5, 5.41) is 9.75. The van der Waals surface area contributed by atoms with E-state index < -0.39 is 21.8 Å². The number of carbonyl (C=O) groups excluding carboxylic acids is 1. The number of hydrogen-bond donors (Lipinski definition) is 3. The minimum absolute atomic E-state index is 0.0445. The van der Waals surface area contributed by atoms with E-state index in [1.165, 1.54) is 12.1 Å². The smallest absolute Gasteiger partial charge is 0.377 e. The van der Waals surface area contributed by atoms with E-state index in [0.717, 1.165) is 32.1 Å². The zero-order valence-electron chi connectivity index (χ0n) is 16.2. The van der Waals surface area contributed by atoms with Crippen LogP contribution in [0.3, 0.4) is 0 Å². The quantitative estimate of drug-likeness (QED) is 0.410. The first kappa shape index (κ1) is 20.3. The number of carboxylic acids is 1. The summed E-state index contributed by atoms with van der Waals surface area (Å²) in [5.41, 5.74) is 1.59. The number of nitrogens with one attached hydrogen (secondary N) is 2. The van der Waals surface area contributed by atoms with Gasteiger partial charge in [0.2, 0.25) is 10.0 Å². The average molecular weight is 426 g/mol. The number of sulfonamides is 1. The predicted octanol–water partition coefficient (Wildman–Crippen LogP) is 3.71. The van der Waals surface area contributed by atoms with Crippen molar-refractivity contribution < 1.29 is 23.1 Å². The van der Waals surface area contributed by atoms with Crippen molar-refractivity contribution in [2.75, 3.05) is 0 Å². The third-order valence-electron chi connectivity index (χ3n) is 5.51. The van der Waals surface area contributed by atoms with Crippen LogP contribution in [0.25, 0.3) is 22.2 Å². The van der Waals surface area contributed by atoms with Gasteiger partial charge in [0.15, 0.2) is 0 Å². The van der Waals surface area contributed by atoms with Crippen LogP contribution in [-0.2, 0) is 14.8 Å². The molecule has 1 saturated carbocycles. The van der Waals surface area contributed by atoms with Crippen LogP contribution < -0.4 is 4.72 Å². The second-order valence-corrected chi connectivity index (χ2v) is 9.25. The molecule has 0 atom stereocenters. The molecule has 1 aromatic heterocycles. The zero-order chi connectivity index (χ0) is 21.3. The molecular weight excluding hydrogens is 404 g/mol. The van der Waals surface area contributed by atoms with Gasteiger partial charge in [-0.05, 0) is 36.6 Å². The van der Waals surface area contributed by atoms with Gasteiger partial charge in [-0.1, -0.05) is 49.6 Å². The molecule has 1 aliphatic rings. The van der Waals surface area contributed by atoms with Gasteiger partial charge >= 0.3 is 5.97 Å². The zero-order valence-corrected chi connectivity index (χ0v) is 17.0. The molecule has 0 radical (unpaired) electrons. The van der Waals surface area contributed by atoms with Crippen LogP contribution in [0, 0.1) is 0 Å². The number of aliphatic carboxylic acids is 1. The van der Waals surface area contributed by atoms with Gasteiger partial charge < -0.3 is 10.1 Å². The SMILES string of the molecule is O=C(O)C(=O)c1c(-c2ccc(S(=O)(=O)NC3CCCCC3)cc2)[nH]c2ccccc12. The molecule has 1 aliphatic carbocycles. The van der Waals surface area contributed by atoms with Gasteiger partial charge in [-0.25, -0.2) is 17.9 Å². The molecule has 0 unspecified atom stereocenters. The number of ketones is 1. The van der Waals surface area contributed by atoms with E-state index in [2.05, 4.69) is 9.71 Å². The van der Waals surface area contributed by atoms with Crippen LogP contribution in [0.4, 0.5) is 0 Å². The molecule has 0 saturated heterocycles. The molecule has 2 aromatic carbocycles. The molecule has 1 fully saturated rings. The summed E-state index contributed by atoms with van der Waals surface area (Å²) >= 11 is 0. The Balaban J connectivity index is 1.69. The Morgan fingerprint density at radius 2 is 1.63 bits per heavy atom. The second kappa shape index (κ2) is 8.04. The number of Topliss-reactive ketones (excluding diaryl/α,β-unsaturated/α-hetero) is 1. The molecule has 0 bridgehead atoms. The number of carbonyl (C=O) groups is 2. The highest BCUT2D eigenvalue weighted by Gasteiger charge is 2.25. The third-order valence-corrected chi connectivity index (χ3v) is 7.04. The van der Waals surface area contributed by atoms with Crippen LogP contribution >= 0.6 is 0 Å². The summed E-state index contributed by atoms with van der Waals surface area (Å²) in [6, 6.07) is 13.0. The minimum Gasteiger partial charge on any atom is -0.475 e. The minimum atomic E-state index is -3.64. The molecule has 1 heterocycles. The van der Waals surface area contributed by atoms with E-state index in [9.17, 15) is 23.1 Å². The van der Waals surface area contributed by atoms with E-state index in [0.29, 0.717) is 22.2 Å². The van der Waals surface area contributed by atoms with Crippen molar-refractivity contribution in [3.05, 3.63) is 54.1 Å². The predicted molar refractivity (Wildman–Crippen MR) is 113 cm³/mol. The van der Waals surface area contributed by atoms with E-state index in [1.807, 2.05) is 0 Å². The lowest BCUT2D eigenvalue weighted by Gasteiger charge is -2.22. The van der Waals surface area contributed by atoms with Crippen molar-refractivity contribution in [3.63, 3.8) is 0 Å². The second-order valence-electron chi connectivity index (χ2n) is 7.54. The summed E-state index contributed by atoms with van der Waals surface area (Å²) in [7, 11) is -3.64. The van der Waals surface area contributed by atoms with Gasteiger partial charge in [0.1, 0.15) is 0 Å². The summed E-state index contributed by atoms with van der Waals surface area (Å²) in [6.07, 6.45) is 4.86. The van der Waals surface area contributed by atoms with E-state index in [1.54, 1.807) is 36.4 Å². The summed E-state index contributed by atoms with van der Waals surface area (Å²) < 4.78 is 28.2. The highest BCUT2D eigenvalue weighted by Crippen LogP contribution is 2.31. The molecule has 0 spiro atoms. The number of aromatic nitrogens is 1. The van der Waals surface area contributed by atoms with E-state index in [-0.39, 0.29) is 16.5 Å². The van der Waals surface area contributed by atoms with Crippen LogP contribution in [0.2, 0.25) is 0 Å². The average Bonchev–Trinajstić information content (AvgIpc) is 3.13. The maximum Gasteiger partial charge on any atom is 0.377 e. The fraction of sp³-hybridized carbons (Fsp3) is 0.273. The van der Waals surface area contributed by atoms with E-state index in [4.69, 9.17) is 0 Å². The number of hydrogen-bond acceptors (Lipinski definition) is 4. The van der Waals surface area contributed by atoms with Crippen LogP contribution in [0.1, 0.15) is 42.5 Å². The molecule has 3 N–H and O–H groups in total. The van der Waals surface area contributed by atoms with Crippen LogP contribution in [0.15, 0.2) is 53.4 Å². The van der Waals surface area contributed by atoms with Gasteiger partial charge in [0.25, 0.3) is 5.78 Å². The van der Waals surface area contributed by atoms with Crippen molar-refractivity contribution in [1.82, 2.24) is 9.71 Å². The van der Waals surface area contributed by atoms with Crippen molar-refractivity contribution in [3.8, 4) is 11.3 Å². The number of benzene rings is 2. The fourth-order valence-electron chi connectivity index (χ4n) is 4.01. The molecule has 7 nitrogen and oxygen atoms in total. The third kappa shape index (κ3) is 3.88. The van der Waals surface area contributed by atoms with Gasteiger partial charge in [0.05, 0.1) is 16.2 Å². The van der Waals surface area contributed by atoms with Gasteiger partial charge in [-0.2, -0.15) is 0 Å². The van der Waals surface area contributed by atoms with Crippen molar-refractivity contribution >= 4 is 32.7 Å². The number of rotatable bonds is 6. The highest BCUT2D eigenvalue weighted by atomic mass is 32.2. The maximum atomic E-state index is 12.7. The molecule has 3 aromatic rings. The topological polar surface area (TPSA) is 116 Å². The molecule has 30 heavy (non-hydrogen) atoms. The number of aromatic amines is 1.